The molecule has 1 aliphatic rings. The van der Waals surface area contributed by atoms with Gasteiger partial charge in [0.15, 0.2) is 0 Å². The molecule has 2 nitrogen and oxygen atoms in total. The van der Waals surface area contributed by atoms with Crippen LogP contribution < -0.4 is 0 Å². The molecule has 0 bridgehead atoms. The molecule has 13 heavy (non-hydrogen) atoms. The molecule has 1 fully saturated rings. The summed E-state index contributed by atoms with van der Waals surface area (Å²) in [7, 11) is 0. The van der Waals surface area contributed by atoms with Crippen molar-refractivity contribution in [2.75, 3.05) is 0 Å². The monoisotopic (exact) mass is 180 g/mol. The van der Waals surface area contributed by atoms with Crippen molar-refractivity contribution >= 4 is 0 Å². The van der Waals surface area contributed by atoms with Crippen LogP contribution in [-0.4, -0.2) is 9.55 Å². The maximum Gasteiger partial charge on any atom is 0.0951 e. The Morgan fingerprint density at radius 2 is 2.15 bits per heavy atom. The van der Waals surface area contributed by atoms with E-state index < -0.39 is 0 Å². The molecule has 0 unspecified atom stereocenters. The first-order valence-corrected chi connectivity index (χ1v) is 5.42. The van der Waals surface area contributed by atoms with Crippen LogP contribution in [0.15, 0.2) is 12.5 Å². The van der Waals surface area contributed by atoms with Gasteiger partial charge in [-0.15, -0.1) is 0 Å². The average Bonchev–Trinajstić information content (AvgIpc) is 2.54. The molecule has 1 heterocycles. The Labute approximate surface area is 81.0 Å². The van der Waals surface area contributed by atoms with Crippen LogP contribution in [0.2, 0.25) is 0 Å². The summed E-state index contributed by atoms with van der Waals surface area (Å²) in [5.41, 5.74) is 1.22. The first-order chi connectivity index (χ1) is 6.40. The molecule has 0 saturated heterocycles. The van der Waals surface area contributed by atoms with Gasteiger partial charge in [0.2, 0.25) is 0 Å². The molecule has 1 aromatic heterocycles. The standard InChI is InChI=1S/C9H14N2.C2H6/c1-2-8-6-11(7-10-8)9-4-3-5-9;1-2/h6-7,9H,2-5H2,1H3;1-2H3. The highest BCUT2D eigenvalue weighted by Gasteiger charge is 2.18. The molecule has 1 saturated carbocycles. The molecule has 1 aliphatic carbocycles. The van der Waals surface area contributed by atoms with Crippen LogP contribution in [0.4, 0.5) is 0 Å². The fourth-order valence-electron chi connectivity index (χ4n) is 1.45. The average molecular weight is 180 g/mol. The van der Waals surface area contributed by atoms with Gasteiger partial charge < -0.3 is 4.57 Å². The van der Waals surface area contributed by atoms with E-state index in [2.05, 4.69) is 22.7 Å². The van der Waals surface area contributed by atoms with Crippen molar-refractivity contribution in [1.29, 1.82) is 0 Å². The molecule has 0 radical (unpaired) electrons. The van der Waals surface area contributed by atoms with Crippen molar-refractivity contribution in [2.24, 2.45) is 0 Å². The predicted molar refractivity (Wildman–Crippen MR) is 55.8 cm³/mol. The molecule has 1 aromatic rings. The van der Waals surface area contributed by atoms with Gasteiger partial charge in [0.1, 0.15) is 0 Å². The summed E-state index contributed by atoms with van der Waals surface area (Å²) in [5.74, 6) is 0. The third-order valence-electron chi connectivity index (χ3n) is 2.51. The zero-order chi connectivity index (χ0) is 9.68. The molecule has 0 aromatic carbocycles. The second-order valence-corrected chi connectivity index (χ2v) is 3.25. The third-order valence-corrected chi connectivity index (χ3v) is 2.51. The minimum absolute atomic E-state index is 0.766. The molecule has 0 N–H and O–H groups in total. The smallest absolute Gasteiger partial charge is 0.0951 e. The van der Waals surface area contributed by atoms with E-state index in [-0.39, 0.29) is 0 Å². The van der Waals surface area contributed by atoms with E-state index in [1.54, 1.807) is 0 Å². The first-order valence-electron chi connectivity index (χ1n) is 5.42. The van der Waals surface area contributed by atoms with Gasteiger partial charge in [-0.2, -0.15) is 0 Å². The lowest BCUT2D eigenvalue weighted by molar-refractivity contribution is 0.313. The quantitative estimate of drug-likeness (QED) is 0.683. The normalized spacial score (nSPS) is 15.9. The Morgan fingerprint density at radius 3 is 2.54 bits per heavy atom. The molecule has 0 aliphatic heterocycles. The molecule has 0 atom stereocenters. The lowest BCUT2D eigenvalue weighted by atomic mass is 9.93. The first kappa shape index (κ1) is 10.3. The van der Waals surface area contributed by atoms with Crippen molar-refractivity contribution < 1.29 is 0 Å². The lowest BCUT2D eigenvalue weighted by Gasteiger charge is -2.26. The SMILES string of the molecule is CC.CCc1cn(C2CCC2)cn1. The second-order valence-electron chi connectivity index (χ2n) is 3.25. The summed E-state index contributed by atoms with van der Waals surface area (Å²) in [6, 6.07) is 0.766. The predicted octanol–water partition coefficient (Wildman–Crippen LogP) is 3.20. The largest absolute Gasteiger partial charge is 0.334 e. The number of rotatable bonds is 2. The molecule has 2 rings (SSSR count). The van der Waals surface area contributed by atoms with Gasteiger partial charge in [-0.05, 0) is 25.7 Å². The van der Waals surface area contributed by atoms with Crippen molar-refractivity contribution in [2.45, 2.75) is 52.5 Å². The van der Waals surface area contributed by atoms with Crippen LogP contribution in [0, 0.1) is 0 Å². The maximum absolute atomic E-state index is 4.30. The molecule has 2 heteroatoms. The number of hydrogen-bond acceptors (Lipinski definition) is 1. The molecular formula is C11H20N2. The zero-order valence-electron chi connectivity index (χ0n) is 8.95. The fraction of sp³-hybridized carbons (Fsp3) is 0.727. The number of aryl methyl sites for hydroxylation is 1. The number of aromatic nitrogens is 2. The molecular weight excluding hydrogens is 160 g/mol. The summed E-state index contributed by atoms with van der Waals surface area (Å²) < 4.78 is 2.27. The summed E-state index contributed by atoms with van der Waals surface area (Å²) in [6.45, 7) is 6.15. The Bertz CT molecular complexity index is 236. The van der Waals surface area contributed by atoms with Crippen LogP contribution in [0.1, 0.15) is 51.8 Å². The summed E-state index contributed by atoms with van der Waals surface area (Å²) in [6.07, 6.45) is 9.30. The fourth-order valence-corrected chi connectivity index (χ4v) is 1.45. The van der Waals surface area contributed by atoms with Crippen molar-refractivity contribution in [1.82, 2.24) is 9.55 Å². The van der Waals surface area contributed by atoms with E-state index in [1.165, 1.54) is 25.0 Å². The number of nitrogens with zero attached hydrogens (tertiary/aromatic N) is 2. The van der Waals surface area contributed by atoms with Crippen LogP contribution >= 0.6 is 0 Å². The van der Waals surface area contributed by atoms with E-state index in [9.17, 15) is 0 Å². The van der Waals surface area contributed by atoms with E-state index in [0.29, 0.717) is 0 Å². The highest BCUT2D eigenvalue weighted by atomic mass is 15.1. The number of hydrogen-bond donors (Lipinski definition) is 0. The highest BCUT2D eigenvalue weighted by Crippen LogP contribution is 2.31. The Kier molecular flexibility index (Phi) is 4.00. The van der Waals surface area contributed by atoms with Crippen molar-refractivity contribution in [3.05, 3.63) is 18.2 Å². The number of imidazole rings is 1. The Hall–Kier alpha value is -0.790. The topological polar surface area (TPSA) is 17.8 Å². The lowest BCUT2D eigenvalue weighted by Crippen LogP contribution is -2.15. The summed E-state index contributed by atoms with van der Waals surface area (Å²) in [4.78, 5) is 4.30. The molecule has 0 amide bonds. The van der Waals surface area contributed by atoms with Gasteiger partial charge in [0, 0.05) is 12.2 Å². The van der Waals surface area contributed by atoms with Crippen LogP contribution in [0.3, 0.4) is 0 Å². The summed E-state index contributed by atoms with van der Waals surface area (Å²) >= 11 is 0. The van der Waals surface area contributed by atoms with Gasteiger partial charge in [-0.1, -0.05) is 20.8 Å². The van der Waals surface area contributed by atoms with Crippen LogP contribution in [-0.2, 0) is 6.42 Å². The van der Waals surface area contributed by atoms with Gasteiger partial charge in [0.05, 0.1) is 12.0 Å². The van der Waals surface area contributed by atoms with Crippen LogP contribution in [0.5, 0.6) is 0 Å². The van der Waals surface area contributed by atoms with Crippen molar-refractivity contribution in [3.8, 4) is 0 Å². The van der Waals surface area contributed by atoms with E-state index >= 15 is 0 Å². The second kappa shape index (κ2) is 5.05. The summed E-state index contributed by atoms with van der Waals surface area (Å²) in [5, 5.41) is 0. The Balaban J connectivity index is 0.000000396. The highest BCUT2D eigenvalue weighted by molar-refractivity contribution is 4.98. The van der Waals surface area contributed by atoms with Gasteiger partial charge in [0.25, 0.3) is 0 Å². The van der Waals surface area contributed by atoms with E-state index in [4.69, 9.17) is 0 Å². The third kappa shape index (κ3) is 2.33. The van der Waals surface area contributed by atoms with Gasteiger partial charge in [-0.25, -0.2) is 4.98 Å². The zero-order valence-corrected chi connectivity index (χ0v) is 8.95. The maximum atomic E-state index is 4.30. The van der Waals surface area contributed by atoms with E-state index in [0.717, 1.165) is 12.5 Å². The molecule has 74 valence electrons. The van der Waals surface area contributed by atoms with Gasteiger partial charge >= 0.3 is 0 Å². The van der Waals surface area contributed by atoms with Crippen LogP contribution in [0.25, 0.3) is 0 Å². The minimum atomic E-state index is 0.766. The molecule has 0 spiro atoms. The van der Waals surface area contributed by atoms with Gasteiger partial charge in [-0.3, -0.25) is 0 Å². The Morgan fingerprint density at radius 1 is 1.46 bits per heavy atom. The minimum Gasteiger partial charge on any atom is -0.334 e. The van der Waals surface area contributed by atoms with E-state index in [1.807, 2.05) is 20.2 Å². The van der Waals surface area contributed by atoms with Crippen molar-refractivity contribution in [3.63, 3.8) is 0 Å².